The van der Waals surface area contributed by atoms with E-state index in [1.807, 2.05) is 0 Å². The van der Waals surface area contributed by atoms with E-state index in [9.17, 15) is 8.78 Å². The normalized spacial score (nSPS) is 23.5. The van der Waals surface area contributed by atoms with Gasteiger partial charge in [-0.05, 0) is 13.8 Å². The molecule has 2 aliphatic rings. The molecule has 2 aliphatic heterocycles. The molecule has 1 unspecified atom stereocenters. The first kappa shape index (κ1) is 17.6. The van der Waals surface area contributed by atoms with Crippen LogP contribution in [0.5, 0.6) is 5.75 Å². The van der Waals surface area contributed by atoms with Gasteiger partial charge in [0.1, 0.15) is 17.7 Å². The average molecular weight is 365 g/mol. The molecule has 0 aromatic carbocycles. The third kappa shape index (κ3) is 3.72. The van der Waals surface area contributed by atoms with Gasteiger partial charge in [-0.2, -0.15) is 13.8 Å². The summed E-state index contributed by atoms with van der Waals surface area (Å²) in [6, 6.07) is 0. The zero-order valence-corrected chi connectivity index (χ0v) is 14.2. The van der Waals surface area contributed by atoms with Crippen LogP contribution in [-0.4, -0.2) is 56.4 Å². The summed E-state index contributed by atoms with van der Waals surface area (Å²) in [5.41, 5.74) is 0. The topological polar surface area (TPSA) is 53.1 Å². The summed E-state index contributed by atoms with van der Waals surface area (Å²) in [7, 11) is 0. The van der Waals surface area contributed by atoms with Crippen LogP contribution in [0.3, 0.4) is 0 Å². The van der Waals surface area contributed by atoms with Crippen LogP contribution in [0.2, 0.25) is 5.02 Å². The average Bonchev–Trinajstić information content (AvgIpc) is 2.91. The van der Waals surface area contributed by atoms with Gasteiger partial charge in [0.2, 0.25) is 11.8 Å². The number of halogens is 3. The van der Waals surface area contributed by atoms with Gasteiger partial charge in [-0.1, -0.05) is 11.6 Å². The van der Waals surface area contributed by atoms with E-state index < -0.39 is 28.7 Å². The Morgan fingerprint density at radius 1 is 1.33 bits per heavy atom. The van der Waals surface area contributed by atoms with Crippen LogP contribution in [0.15, 0.2) is 0 Å². The number of morpholine rings is 1. The molecule has 1 atom stereocenters. The highest BCUT2D eigenvalue weighted by atomic mass is 35.5. The van der Waals surface area contributed by atoms with Crippen molar-refractivity contribution in [2.24, 2.45) is 0 Å². The molecule has 24 heavy (non-hydrogen) atoms. The van der Waals surface area contributed by atoms with Gasteiger partial charge in [-0.3, -0.25) is 0 Å². The third-order valence-electron chi connectivity index (χ3n) is 3.77. The lowest BCUT2D eigenvalue weighted by atomic mass is 10.3. The summed E-state index contributed by atoms with van der Waals surface area (Å²) < 4.78 is 50.3. The van der Waals surface area contributed by atoms with Crippen LogP contribution < -0.4 is 9.64 Å². The van der Waals surface area contributed by atoms with Gasteiger partial charge in [0.15, 0.2) is 17.4 Å². The Kier molecular flexibility index (Phi) is 5.10. The standard InChI is InChI=1S/C15H19ClF2N2O4/c1-15(2)23-8-9(24-15)7-22-12-10(16)13(18)19-14(11(12)17)20-3-5-21-6-4-20/h9H,3-8H2,1-2H3. The van der Waals surface area contributed by atoms with Gasteiger partial charge in [0.25, 0.3) is 0 Å². The van der Waals surface area contributed by atoms with E-state index in [1.54, 1.807) is 18.7 Å². The number of ether oxygens (including phenoxy) is 4. The number of pyridine rings is 1. The fraction of sp³-hybridized carbons (Fsp3) is 0.667. The minimum absolute atomic E-state index is 0.00786. The molecule has 1 aromatic heterocycles. The molecular weight excluding hydrogens is 346 g/mol. The van der Waals surface area contributed by atoms with Gasteiger partial charge in [-0.25, -0.2) is 0 Å². The zero-order chi connectivity index (χ0) is 17.3. The molecule has 3 heterocycles. The fourth-order valence-electron chi connectivity index (χ4n) is 2.62. The maximum absolute atomic E-state index is 14.7. The Hall–Kier alpha value is -1.22. The van der Waals surface area contributed by atoms with Gasteiger partial charge >= 0.3 is 0 Å². The minimum atomic E-state index is -0.974. The summed E-state index contributed by atoms with van der Waals surface area (Å²) in [6.45, 7) is 5.50. The van der Waals surface area contributed by atoms with E-state index in [-0.39, 0.29) is 18.2 Å². The molecule has 1 aromatic rings. The molecule has 2 saturated heterocycles. The van der Waals surface area contributed by atoms with E-state index in [0.717, 1.165) is 0 Å². The molecule has 0 N–H and O–H groups in total. The molecule has 6 nitrogen and oxygen atoms in total. The summed E-state index contributed by atoms with van der Waals surface area (Å²) >= 11 is 5.83. The van der Waals surface area contributed by atoms with Crippen molar-refractivity contribution in [3.63, 3.8) is 0 Å². The molecule has 0 aliphatic carbocycles. The Morgan fingerprint density at radius 3 is 2.67 bits per heavy atom. The second-order valence-electron chi connectivity index (χ2n) is 6.04. The molecule has 0 saturated carbocycles. The monoisotopic (exact) mass is 364 g/mol. The number of rotatable bonds is 4. The molecule has 0 amide bonds. The maximum Gasteiger partial charge on any atom is 0.237 e. The summed E-state index contributed by atoms with van der Waals surface area (Å²) in [4.78, 5) is 5.22. The molecule has 2 fully saturated rings. The predicted molar refractivity (Wildman–Crippen MR) is 82.6 cm³/mol. The third-order valence-corrected chi connectivity index (χ3v) is 4.10. The molecule has 134 valence electrons. The van der Waals surface area contributed by atoms with Gasteiger partial charge in [0.05, 0.1) is 19.8 Å². The minimum Gasteiger partial charge on any atom is -0.486 e. The molecular formula is C15H19ClF2N2O4. The van der Waals surface area contributed by atoms with Crippen LogP contribution in [0.25, 0.3) is 0 Å². The molecule has 0 bridgehead atoms. The van der Waals surface area contributed by atoms with Crippen LogP contribution in [-0.2, 0) is 14.2 Å². The first-order chi connectivity index (χ1) is 11.4. The van der Waals surface area contributed by atoms with Gasteiger partial charge in [0, 0.05) is 13.1 Å². The Morgan fingerprint density at radius 2 is 2.04 bits per heavy atom. The zero-order valence-electron chi connectivity index (χ0n) is 13.5. The number of aromatic nitrogens is 1. The van der Waals surface area contributed by atoms with Gasteiger partial charge in [-0.15, -0.1) is 0 Å². The molecule has 9 heteroatoms. The lowest BCUT2D eigenvalue weighted by Crippen LogP contribution is -2.37. The van der Waals surface area contributed by atoms with Crippen molar-refractivity contribution in [1.29, 1.82) is 0 Å². The van der Waals surface area contributed by atoms with E-state index in [1.165, 1.54) is 0 Å². The van der Waals surface area contributed by atoms with E-state index >= 15 is 0 Å². The molecule has 0 spiro atoms. The van der Waals surface area contributed by atoms with Crippen molar-refractivity contribution in [2.75, 3.05) is 44.4 Å². The summed E-state index contributed by atoms with van der Waals surface area (Å²) in [5, 5.41) is -0.484. The number of anilines is 1. The van der Waals surface area contributed by atoms with E-state index in [0.29, 0.717) is 32.9 Å². The van der Waals surface area contributed by atoms with Crippen molar-refractivity contribution in [3.8, 4) is 5.75 Å². The lowest BCUT2D eigenvalue weighted by Gasteiger charge is -2.28. The molecule has 0 radical (unpaired) electrons. The second kappa shape index (κ2) is 6.95. The highest BCUT2D eigenvalue weighted by Crippen LogP contribution is 2.35. The van der Waals surface area contributed by atoms with Crippen LogP contribution in [0, 0.1) is 11.8 Å². The number of hydrogen-bond acceptors (Lipinski definition) is 6. The maximum atomic E-state index is 14.7. The Labute approximate surface area is 143 Å². The number of hydrogen-bond donors (Lipinski definition) is 0. The summed E-state index contributed by atoms with van der Waals surface area (Å²) in [5.74, 6) is -2.98. The van der Waals surface area contributed by atoms with E-state index in [4.69, 9.17) is 30.5 Å². The lowest BCUT2D eigenvalue weighted by molar-refractivity contribution is -0.141. The SMILES string of the molecule is CC1(C)OCC(COc2c(F)c(N3CCOCC3)nc(F)c2Cl)O1. The first-order valence-electron chi connectivity index (χ1n) is 7.69. The van der Waals surface area contributed by atoms with Crippen molar-refractivity contribution in [1.82, 2.24) is 4.98 Å². The second-order valence-corrected chi connectivity index (χ2v) is 6.42. The quantitative estimate of drug-likeness (QED) is 0.765. The van der Waals surface area contributed by atoms with Crippen LogP contribution >= 0.6 is 11.6 Å². The van der Waals surface area contributed by atoms with Crippen molar-refractivity contribution < 1.29 is 27.7 Å². The van der Waals surface area contributed by atoms with Gasteiger partial charge < -0.3 is 23.8 Å². The summed E-state index contributed by atoms with van der Waals surface area (Å²) in [6.07, 6.45) is -0.390. The first-order valence-corrected chi connectivity index (χ1v) is 8.07. The fourth-order valence-corrected chi connectivity index (χ4v) is 2.80. The largest absolute Gasteiger partial charge is 0.486 e. The van der Waals surface area contributed by atoms with Crippen molar-refractivity contribution in [2.45, 2.75) is 25.7 Å². The van der Waals surface area contributed by atoms with E-state index in [2.05, 4.69) is 4.98 Å². The Bertz CT molecular complexity index is 612. The van der Waals surface area contributed by atoms with Crippen LogP contribution in [0.4, 0.5) is 14.6 Å². The number of nitrogens with zero attached hydrogens (tertiary/aromatic N) is 2. The van der Waals surface area contributed by atoms with Crippen molar-refractivity contribution in [3.05, 3.63) is 16.8 Å². The highest BCUT2D eigenvalue weighted by Gasteiger charge is 2.34. The smallest absolute Gasteiger partial charge is 0.237 e. The van der Waals surface area contributed by atoms with Crippen molar-refractivity contribution >= 4 is 17.4 Å². The predicted octanol–water partition coefficient (Wildman–Crippen LogP) is 2.38. The Balaban J connectivity index is 1.77. The highest BCUT2D eigenvalue weighted by molar-refractivity contribution is 6.32. The van der Waals surface area contributed by atoms with Crippen LogP contribution in [0.1, 0.15) is 13.8 Å². The molecule has 3 rings (SSSR count).